The fourth-order valence-electron chi connectivity index (χ4n) is 2.00. The van der Waals surface area contributed by atoms with Crippen LogP contribution in [0.3, 0.4) is 0 Å². The Morgan fingerprint density at radius 1 is 0.929 bits per heavy atom. The van der Waals surface area contributed by atoms with Crippen molar-refractivity contribution in [2.24, 2.45) is 0 Å². The molecule has 1 rings (SSSR count). The zero-order valence-electron chi connectivity index (χ0n) is 16.0. The number of hydrogen-bond donors (Lipinski definition) is 3. The van der Waals surface area contributed by atoms with Crippen molar-refractivity contribution in [3.05, 3.63) is 35.1 Å². The fraction of sp³-hybridized carbons (Fsp3) is 0.500. The first-order valence-corrected chi connectivity index (χ1v) is 8.66. The lowest BCUT2D eigenvalue weighted by molar-refractivity contribution is -0.120. The van der Waals surface area contributed by atoms with Gasteiger partial charge in [0.25, 0.3) is 5.91 Å². The summed E-state index contributed by atoms with van der Waals surface area (Å²) in [7, 11) is 0. The minimum atomic E-state index is -1.71. The van der Waals surface area contributed by atoms with E-state index in [-0.39, 0.29) is 32.0 Å². The number of carbonyl (C=O) groups is 3. The van der Waals surface area contributed by atoms with E-state index in [1.165, 1.54) is 0 Å². The second-order valence-corrected chi connectivity index (χ2v) is 6.86. The van der Waals surface area contributed by atoms with Crippen molar-refractivity contribution in [1.29, 1.82) is 0 Å². The average Bonchev–Trinajstić information content (AvgIpc) is 2.57. The smallest absolute Gasteiger partial charge is 0.407 e. The molecule has 0 atom stereocenters. The quantitative estimate of drug-likeness (QED) is 0.458. The summed E-state index contributed by atoms with van der Waals surface area (Å²) in [6.07, 6.45) is -0.235. The molecule has 0 aromatic heterocycles. The molecule has 0 saturated carbocycles. The number of halogens is 3. The second kappa shape index (κ2) is 10.5. The molecule has 0 saturated heterocycles. The highest BCUT2D eigenvalue weighted by Gasteiger charge is 2.18. The van der Waals surface area contributed by atoms with Gasteiger partial charge in [0.05, 0.1) is 5.56 Å². The Balaban J connectivity index is 2.20. The Hall–Kier alpha value is -2.78. The van der Waals surface area contributed by atoms with E-state index < -0.39 is 40.6 Å². The molecule has 0 unspecified atom stereocenters. The molecule has 1 aromatic rings. The third kappa shape index (κ3) is 8.28. The molecule has 0 heterocycles. The largest absolute Gasteiger partial charge is 0.444 e. The molecule has 0 spiro atoms. The highest BCUT2D eigenvalue weighted by Crippen LogP contribution is 2.14. The topological polar surface area (TPSA) is 96.5 Å². The number of ether oxygens (including phenoxy) is 1. The van der Waals surface area contributed by atoms with Crippen molar-refractivity contribution < 1.29 is 32.3 Å². The van der Waals surface area contributed by atoms with Gasteiger partial charge in [-0.2, -0.15) is 0 Å². The van der Waals surface area contributed by atoms with Crippen LogP contribution < -0.4 is 16.0 Å². The van der Waals surface area contributed by atoms with Gasteiger partial charge in [-0.15, -0.1) is 0 Å². The molecule has 0 aliphatic heterocycles. The lowest BCUT2D eigenvalue weighted by atomic mass is 10.2. The average molecular weight is 403 g/mol. The van der Waals surface area contributed by atoms with E-state index in [9.17, 15) is 27.6 Å². The van der Waals surface area contributed by atoms with Crippen LogP contribution in [0, 0.1) is 17.5 Å². The number of benzene rings is 1. The molecule has 3 amide bonds. The Labute approximate surface area is 161 Å². The molecule has 10 heteroatoms. The second-order valence-electron chi connectivity index (χ2n) is 6.86. The lowest BCUT2D eigenvalue weighted by Crippen LogP contribution is -2.35. The monoisotopic (exact) mass is 403 g/mol. The highest BCUT2D eigenvalue weighted by molar-refractivity contribution is 5.94. The van der Waals surface area contributed by atoms with E-state index in [4.69, 9.17) is 4.74 Å². The van der Waals surface area contributed by atoms with Crippen molar-refractivity contribution in [3.63, 3.8) is 0 Å². The van der Waals surface area contributed by atoms with Crippen LogP contribution >= 0.6 is 0 Å². The SMILES string of the molecule is CC(C)(C)OC(=O)NCCC(=O)NCCCNC(=O)c1ccc(F)c(F)c1F. The first kappa shape index (κ1) is 23.3. The van der Waals surface area contributed by atoms with Gasteiger partial charge < -0.3 is 20.7 Å². The lowest BCUT2D eigenvalue weighted by Gasteiger charge is -2.19. The van der Waals surface area contributed by atoms with Gasteiger partial charge in [0.1, 0.15) is 5.60 Å². The number of hydrogen-bond acceptors (Lipinski definition) is 4. The van der Waals surface area contributed by atoms with Gasteiger partial charge in [0, 0.05) is 26.1 Å². The van der Waals surface area contributed by atoms with E-state index >= 15 is 0 Å². The maximum Gasteiger partial charge on any atom is 0.407 e. The van der Waals surface area contributed by atoms with E-state index in [2.05, 4.69) is 16.0 Å². The standard InChI is InChI=1S/C18H24F3N3O4/c1-18(2,3)28-17(27)24-10-7-13(25)22-8-4-9-23-16(26)11-5-6-12(19)15(21)14(11)20/h5-6H,4,7-10H2,1-3H3,(H,22,25)(H,23,26)(H,24,27). The molecule has 28 heavy (non-hydrogen) atoms. The van der Waals surface area contributed by atoms with Crippen LogP contribution in [-0.4, -0.2) is 43.1 Å². The van der Waals surface area contributed by atoms with Crippen molar-refractivity contribution in [3.8, 4) is 0 Å². The van der Waals surface area contributed by atoms with Gasteiger partial charge in [0.2, 0.25) is 5.91 Å². The van der Waals surface area contributed by atoms with Crippen LogP contribution in [0.5, 0.6) is 0 Å². The maximum absolute atomic E-state index is 13.5. The van der Waals surface area contributed by atoms with Crippen molar-refractivity contribution in [1.82, 2.24) is 16.0 Å². The number of rotatable bonds is 8. The summed E-state index contributed by atoms with van der Waals surface area (Å²) in [5, 5.41) is 7.37. The summed E-state index contributed by atoms with van der Waals surface area (Å²) >= 11 is 0. The van der Waals surface area contributed by atoms with Crippen LogP contribution in [0.2, 0.25) is 0 Å². The Morgan fingerprint density at radius 2 is 1.57 bits per heavy atom. The van der Waals surface area contributed by atoms with Gasteiger partial charge in [0.15, 0.2) is 17.5 Å². The molecule has 1 aromatic carbocycles. The Kier molecular flexibility index (Phi) is 8.75. The van der Waals surface area contributed by atoms with Crippen LogP contribution in [0.15, 0.2) is 12.1 Å². The van der Waals surface area contributed by atoms with Crippen LogP contribution in [0.1, 0.15) is 44.0 Å². The van der Waals surface area contributed by atoms with Gasteiger partial charge in [-0.3, -0.25) is 9.59 Å². The minimum absolute atomic E-state index is 0.0473. The van der Waals surface area contributed by atoms with E-state index in [0.717, 1.165) is 6.07 Å². The molecular formula is C18H24F3N3O4. The Bertz CT molecular complexity index is 721. The third-order valence-electron chi connectivity index (χ3n) is 3.26. The van der Waals surface area contributed by atoms with Crippen molar-refractivity contribution in [2.45, 2.75) is 39.2 Å². The van der Waals surface area contributed by atoms with Gasteiger partial charge in [-0.25, -0.2) is 18.0 Å². The summed E-state index contributed by atoms with van der Waals surface area (Å²) in [5.74, 6) is -5.83. The molecule has 7 nitrogen and oxygen atoms in total. The van der Waals surface area contributed by atoms with Gasteiger partial charge >= 0.3 is 6.09 Å². The molecule has 0 aliphatic rings. The molecule has 3 N–H and O–H groups in total. The number of carbonyl (C=O) groups excluding carboxylic acids is 3. The molecule has 0 bridgehead atoms. The highest BCUT2D eigenvalue weighted by atomic mass is 19.2. The van der Waals surface area contributed by atoms with E-state index in [1.807, 2.05) is 0 Å². The first-order valence-electron chi connectivity index (χ1n) is 8.66. The van der Waals surface area contributed by atoms with Crippen LogP contribution in [-0.2, 0) is 9.53 Å². The van der Waals surface area contributed by atoms with Gasteiger partial charge in [-0.1, -0.05) is 0 Å². The third-order valence-corrected chi connectivity index (χ3v) is 3.26. The molecule has 0 fully saturated rings. The zero-order valence-corrected chi connectivity index (χ0v) is 16.0. The summed E-state index contributed by atoms with van der Waals surface area (Å²) in [5.41, 5.74) is -1.23. The summed E-state index contributed by atoms with van der Waals surface area (Å²) in [6.45, 7) is 5.59. The van der Waals surface area contributed by atoms with E-state index in [1.54, 1.807) is 20.8 Å². The molecule has 0 aliphatic carbocycles. The maximum atomic E-state index is 13.5. The minimum Gasteiger partial charge on any atom is -0.444 e. The molecule has 0 radical (unpaired) electrons. The zero-order chi connectivity index (χ0) is 21.3. The van der Waals surface area contributed by atoms with Crippen LogP contribution in [0.25, 0.3) is 0 Å². The summed E-state index contributed by atoms with van der Waals surface area (Å²) < 4.78 is 44.5. The number of alkyl carbamates (subject to hydrolysis) is 1. The summed E-state index contributed by atoms with van der Waals surface area (Å²) in [6, 6.07) is 1.52. The normalized spacial score (nSPS) is 10.9. The molecule has 156 valence electrons. The van der Waals surface area contributed by atoms with Crippen LogP contribution in [0.4, 0.5) is 18.0 Å². The van der Waals surface area contributed by atoms with E-state index in [0.29, 0.717) is 12.5 Å². The van der Waals surface area contributed by atoms with Crippen molar-refractivity contribution >= 4 is 17.9 Å². The Morgan fingerprint density at radius 3 is 2.21 bits per heavy atom. The predicted octanol–water partition coefficient (Wildman–Crippen LogP) is 2.25. The number of nitrogens with one attached hydrogen (secondary N) is 3. The number of amides is 3. The fourth-order valence-corrected chi connectivity index (χ4v) is 2.00. The predicted molar refractivity (Wildman–Crippen MR) is 95.1 cm³/mol. The van der Waals surface area contributed by atoms with Gasteiger partial charge in [-0.05, 0) is 39.3 Å². The summed E-state index contributed by atoms with van der Waals surface area (Å²) in [4.78, 5) is 34.8. The first-order chi connectivity index (χ1) is 13.0. The van der Waals surface area contributed by atoms with Crippen molar-refractivity contribution in [2.75, 3.05) is 19.6 Å². The molecular weight excluding hydrogens is 379 g/mol.